The third-order valence-corrected chi connectivity index (χ3v) is 6.72. The van der Waals surface area contributed by atoms with Crippen LogP contribution in [0.1, 0.15) is 41.6 Å². The van der Waals surface area contributed by atoms with Gasteiger partial charge in [0.2, 0.25) is 0 Å². The molecule has 208 valence electrons. The van der Waals surface area contributed by atoms with Gasteiger partial charge in [0.15, 0.2) is 28.6 Å². The molecule has 13 heteroatoms. The fourth-order valence-electron chi connectivity index (χ4n) is 4.72. The van der Waals surface area contributed by atoms with Crippen LogP contribution in [0.4, 0.5) is 0 Å². The van der Waals surface area contributed by atoms with Crippen molar-refractivity contribution in [2.24, 2.45) is 0 Å². The van der Waals surface area contributed by atoms with Crippen LogP contribution in [-0.4, -0.2) is 84.7 Å². The van der Waals surface area contributed by atoms with E-state index in [9.17, 15) is 50.1 Å². The van der Waals surface area contributed by atoms with Crippen LogP contribution in [0.3, 0.4) is 0 Å². The van der Waals surface area contributed by atoms with Crippen molar-refractivity contribution < 1.29 is 64.3 Å². The number of carbonyl (C=O) groups excluding carboxylic acids is 2. The monoisotopic (exact) mass is 546 g/mol. The second kappa shape index (κ2) is 10.4. The number of carboxylic acids is 1. The fourth-order valence-corrected chi connectivity index (χ4v) is 4.72. The number of aliphatic hydroxyl groups is 3. The summed E-state index contributed by atoms with van der Waals surface area (Å²) in [6, 6.07) is 6.53. The van der Waals surface area contributed by atoms with E-state index in [-0.39, 0.29) is 28.4 Å². The van der Waals surface area contributed by atoms with Crippen molar-refractivity contribution >= 4 is 24.0 Å². The molecule has 0 bridgehead atoms. The van der Waals surface area contributed by atoms with Crippen molar-refractivity contribution in [2.75, 3.05) is 7.11 Å². The molecule has 0 radical (unpaired) electrons. The van der Waals surface area contributed by atoms with Gasteiger partial charge in [0.05, 0.1) is 13.2 Å². The number of hydrogen-bond acceptors (Lipinski definition) is 12. The Hall–Kier alpha value is -4.33. The van der Waals surface area contributed by atoms with Gasteiger partial charge in [-0.2, -0.15) is 0 Å². The Kier molecular flexibility index (Phi) is 7.41. The van der Waals surface area contributed by atoms with Gasteiger partial charge in [0.1, 0.15) is 24.2 Å². The lowest BCUT2D eigenvalue weighted by atomic mass is 9.79. The van der Waals surface area contributed by atoms with Crippen LogP contribution in [0.25, 0.3) is 6.08 Å². The Morgan fingerprint density at radius 2 is 1.74 bits per heavy atom. The van der Waals surface area contributed by atoms with Gasteiger partial charge in [-0.15, -0.1) is 0 Å². The number of carbonyl (C=O) groups is 3. The average Bonchev–Trinajstić information content (AvgIpc) is 3.27. The minimum atomic E-state index is -2.40. The molecule has 13 nitrogen and oxygen atoms in total. The minimum absolute atomic E-state index is 0.0324. The summed E-state index contributed by atoms with van der Waals surface area (Å²) >= 11 is 0. The third-order valence-electron chi connectivity index (χ3n) is 6.72. The van der Waals surface area contributed by atoms with Crippen LogP contribution >= 0.6 is 0 Å². The number of rotatable bonds is 6. The third kappa shape index (κ3) is 5.32. The second-order valence-corrected chi connectivity index (χ2v) is 9.36. The SMILES string of the molecule is COC(=O)[C@@H]1c2cc(/C=C/C(=O)O[C@@H]3C[C@](O)(C(=O)O)C[C@@H](O)[C@H]3O)cc(O)c2O[C@@H]1c1ccc(O)c(O)c1. The molecule has 7 N–H and O–H groups in total. The van der Waals surface area contributed by atoms with Crippen molar-refractivity contribution in [3.63, 3.8) is 0 Å². The maximum Gasteiger partial charge on any atom is 0.335 e. The molecule has 2 aromatic carbocycles. The maximum atomic E-state index is 12.7. The van der Waals surface area contributed by atoms with E-state index in [1.165, 1.54) is 36.4 Å². The summed E-state index contributed by atoms with van der Waals surface area (Å²) in [5, 5.41) is 69.5. The Morgan fingerprint density at radius 3 is 2.38 bits per heavy atom. The van der Waals surface area contributed by atoms with E-state index in [2.05, 4.69) is 0 Å². The lowest BCUT2D eigenvalue weighted by molar-refractivity contribution is -0.196. The smallest absolute Gasteiger partial charge is 0.335 e. The van der Waals surface area contributed by atoms with Crippen LogP contribution in [0, 0.1) is 0 Å². The van der Waals surface area contributed by atoms with Crippen molar-refractivity contribution in [3.8, 4) is 23.0 Å². The number of aromatic hydroxyl groups is 3. The quantitative estimate of drug-likeness (QED) is 0.149. The molecule has 1 aliphatic heterocycles. The molecule has 0 spiro atoms. The van der Waals surface area contributed by atoms with E-state index >= 15 is 0 Å². The molecular formula is C26H26O13. The number of ether oxygens (including phenoxy) is 3. The number of fused-ring (bicyclic) bond motifs is 1. The van der Waals surface area contributed by atoms with Crippen LogP contribution in [0.2, 0.25) is 0 Å². The van der Waals surface area contributed by atoms with Gasteiger partial charge in [-0.3, -0.25) is 4.79 Å². The summed E-state index contributed by atoms with van der Waals surface area (Å²) in [4.78, 5) is 36.5. The van der Waals surface area contributed by atoms with Crippen molar-refractivity contribution in [1.82, 2.24) is 0 Å². The number of phenolic OH excluding ortho intramolecular Hbond substituents is 3. The first kappa shape index (κ1) is 27.7. The van der Waals surface area contributed by atoms with Crippen molar-refractivity contribution in [3.05, 3.63) is 53.1 Å². The summed E-state index contributed by atoms with van der Waals surface area (Å²) in [7, 11) is 1.16. The zero-order valence-electron chi connectivity index (χ0n) is 20.4. The number of methoxy groups -OCH3 is 1. The number of carboxylic acid groups (broad SMARTS) is 1. The predicted octanol–water partition coefficient (Wildman–Crippen LogP) is 0.450. The first-order chi connectivity index (χ1) is 18.3. The lowest BCUT2D eigenvalue weighted by Gasteiger charge is -2.39. The predicted molar refractivity (Wildman–Crippen MR) is 129 cm³/mol. The van der Waals surface area contributed by atoms with E-state index < -0.39 is 72.4 Å². The molecule has 0 unspecified atom stereocenters. The van der Waals surface area contributed by atoms with Crippen LogP contribution in [-0.2, 0) is 23.9 Å². The topological polar surface area (TPSA) is 221 Å². The molecule has 0 aromatic heterocycles. The Balaban J connectivity index is 1.57. The van der Waals surface area contributed by atoms with Gasteiger partial charge < -0.3 is 50.0 Å². The molecule has 1 fully saturated rings. The highest BCUT2D eigenvalue weighted by molar-refractivity contribution is 5.88. The number of hydrogen-bond donors (Lipinski definition) is 7. The molecule has 1 aliphatic carbocycles. The number of aliphatic hydroxyl groups excluding tert-OH is 2. The van der Waals surface area contributed by atoms with Crippen molar-refractivity contribution in [2.45, 2.75) is 48.8 Å². The molecule has 4 rings (SSSR count). The van der Waals surface area contributed by atoms with E-state index in [1.54, 1.807) is 0 Å². The fraction of sp³-hybridized carbons (Fsp3) is 0.346. The number of phenols is 3. The molecule has 0 saturated heterocycles. The average molecular weight is 546 g/mol. The van der Waals surface area contributed by atoms with Gasteiger partial charge in [-0.25, -0.2) is 9.59 Å². The molecule has 0 amide bonds. The molecule has 2 aromatic rings. The van der Waals surface area contributed by atoms with E-state index in [0.717, 1.165) is 13.2 Å². The summed E-state index contributed by atoms with van der Waals surface area (Å²) in [6.07, 6.45) is -4.98. The van der Waals surface area contributed by atoms with Gasteiger partial charge >= 0.3 is 17.9 Å². The van der Waals surface area contributed by atoms with E-state index in [0.29, 0.717) is 5.56 Å². The van der Waals surface area contributed by atoms with E-state index in [1.807, 2.05) is 0 Å². The molecule has 39 heavy (non-hydrogen) atoms. The molecule has 6 atom stereocenters. The normalized spacial score (nSPS) is 27.9. The molecule has 1 heterocycles. The highest BCUT2D eigenvalue weighted by Crippen LogP contribution is 2.51. The lowest BCUT2D eigenvalue weighted by Crippen LogP contribution is -2.57. The standard InChI is InChI=1S/C26H26O13/c1-37-24(33)20-13-6-11(7-16(29)23(13)39-22(20)12-3-4-14(27)15(28)8-12)2-5-19(31)38-18-10-26(36,25(34)35)9-17(30)21(18)32/h2-8,17-18,20-22,27-30,32,36H,9-10H2,1H3,(H,34,35)/b5-2+/t17-,18-,20-,21-,22-,26+/m1/s1. The summed E-state index contributed by atoms with van der Waals surface area (Å²) in [5.41, 5.74) is -1.65. The molecule has 1 saturated carbocycles. The Labute approximate surface area is 220 Å². The first-order valence-electron chi connectivity index (χ1n) is 11.7. The zero-order chi connectivity index (χ0) is 28.6. The second-order valence-electron chi connectivity index (χ2n) is 9.36. The Bertz CT molecular complexity index is 1340. The Morgan fingerprint density at radius 1 is 1.03 bits per heavy atom. The van der Waals surface area contributed by atoms with Crippen LogP contribution in [0.5, 0.6) is 23.0 Å². The van der Waals surface area contributed by atoms with Crippen LogP contribution < -0.4 is 4.74 Å². The number of benzene rings is 2. The van der Waals surface area contributed by atoms with Gasteiger partial charge in [-0.05, 0) is 41.5 Å². The van der Waals surface area contributed by atoms with E-state index in [4.69, 9.17) is 14.2 Å². The summed E-state index contributed by atoms with van der Waals surface area (Å²) in [6.45, 7) is 0. The molecular weight excluding hydrogens is 520 g/mol. The highest BCUT2D eigenvalue weighted by Gasteiger charge is 2.50. The summed E-state index contributed by atoms with van der Waals surface area (Å²) in [5.74, 6) is -5.73. The minimum Gasteiger partial charge on any atom is -0.504 e. The van der Waals surface area contributed by atoms with Crippen molar-refractivity contribution in [1.29, 1.82) is 0 Å². The van der Waals surface area contributed by atoms with Gasteiger partial charge in [0, 0.05) is 24.5 Å². The summed E-state index contributed by atoms with van der Waals surface area (Å²) < 4.78 is 15.8. The van der Waals surface area contributed by atoms with Gasteiger partial charge in [0.25, 0.3) is 0 Å². The largest absolute Gasteiger partial charge is 0.504 e. The molecule has 2 aliphatic rings. The maximum absolute atomic E-state index is 12.7. The number of aliphatic carboxylic acids is 1. The first-order valence-corrected chi connectivity index (χ1v) is 11.7. The highest BCUT2D eigenvalue weighted by atomic mass is 16.6. The van der Waals surface area contributed by atoms with Crippen LogP contribution in [0.15, 0.2) is 36.4 Å². The number of esters is 2. The zero-order valence-corrected chi connectivity index (χ0v) is 20.4. The van der Waals surface area contributed by atoms with Gasteiger partial charge in [-0.1, -0.05) is 6.07 Å².